The van der Waals surface area contributed by atoms with E-state index in [1.54, 1.807) is 26.2 Å². The number of allylic oxidation sites excluding steroid dienone is 4. The second kappa shape index (κ2) is 5.56. The molecule has 0 radical (unpaired) electrons. The molecule has 1 aliphatic carbocycles. The van der Waals surface area contributed by atoms with Crippen molar-refractivity contribution < 1.29 is 9.53 Å². The minimum absolute atomic E-state index is 0.0306. The minimum Gasteiger partial charge on any atom is -0.494 e. The van der Waals surface area contributed by atoms with E-state index >= 15 is 0 Å². The smallest absolute Gasteiger partial charge is 0.181 e. The van der Waals surface area contributed by atoms with Crippen LogP contribution in [-0.2, 0) is 4.79 Å². The van der Waals surface area contributed by atoms with Gasteiger partial charge in [-0.15, -0.1) is 0 Å². The van der Waals surface area contributed by atoms with E-state index in [9.17, 15) is 4.79 Å². The summed E-state index contributed by atoms with van der Waals surface area (Å²) in [6.07, 6.45) is 3.41. The number of hydrogen-bond donors (Lipinski definition) is 1. The van der Waals surface area contributed by atoms with Gasteiger partial charge in [-0.05, 0) is 62.6 Å². The van der Waals surface area contributed by atoms with E-state index in [4.69, 9.17) is 10.5 Å². The van der Waals surface area contributed by atoms with Gasteiger partial charge in [0.25, 0.3) is 0 Å². The van der Waals surface area contributed by atoms with Gasteiger partial charge in [0.15, 0.2) is 5.78 Å². The Bertz CT molecular complexity index is 710. The molecule has 0 heterocycles. The molecule has 0 amide bonds. The monoisotopic (exact) mass is 284 g/mol. The average Bonchev–Trinajstić information content (AvgIpc) is 2.42. The molecule has 1 aromatic rings. The average molecular weight is 284 g/mol. The van der Waals surface area contributed by atoms with Crippen LogP contribution in [0.5, 0.6) is 5.75 Å². The number of ketones is 1. The fourth-order valence-corrected chi connectivity index (χ4v) is 2.32. The molecule has 0 unspecified atom stereocenters. The summed E-state index contributed by atoms with van der Waals surface area (Å²) >= 11 is 0. The minimum atomic E-state index is 0.0306. The first kappa shape index (κ1) is 15.0. The van der Waals surface area contributed by atoms with Crippen molar-refractivity contribution in [3.8, 4) is 5.75 Å². The number of nitrogens with two attached hydrogens (primary N) is 1. The Kier molecular flexibility index (Phi) is 3.98. The van der Waals surface area contributed by atoms with Crippen molar-refractivity contribution in [2.24, 2.45) is 4.99 Å². The van der Waals surface area contributed by atoms with E-state index in [2.05, 4.69) is 4.99 Å². The summed E-state index contributed by atoms with van der Waals surface area (Å²) in [6, 6.07) is 1.90. The fraction of sp³-hybridized carbons (Fsp3) is 0.294. The van der Waals surface area contributed by atoms with Crippen molar-refractivity contribution >= 4 is 22.9 Å². The van der Waals surface area contributed by atoms with Gasteiger partial charge in [0.1, 0.15) is 11.4 Å². The molecule has 0 aromatic heterocycles. The zero-order valence-corrected chi connectivity index (χ0v) is 13.1. The lowest BCUT2D eigenvalue weighted by Gasteiger charge is -2.15. The molecule has 2 N–H and O–H groups in total. The zero-order chi connectivity index (χ0) is 15.7. The number of nitrogens with zero attached hydrogens (tertiary/aromatic N) is 1. The topological polar surface area (TPSA) is 64.7 Å². The molecule has 0 atom stereocenters. The second-order valence-electron chi connectivity index (χ2n) is 5.30. The van der Waals surface area contributed by atoms with Crippen molar-refractivity contribution in [3.63, 3.8) is 0 Å². The van der Waals surface area contributed by atoms with Crippen molar-refractivity contribution in [1.29, 1.82) is 0 Å². The van der Waals surface area contributed by atoms with Crippen LogP contribution in [0.25, 0.3) is 0 Å². The summed E-state index contributed by atoms with van der Waals surface area (Å²) in [5.74, 6) is 0.699. The van der Waals surface area contributed by atoms with Crippen LogP contribution in [-0.4, -0.2) is 18.6 Å². The maximum absolute atomic E-state index is 11.6. The highest BCUT2D eigenvalue weighted by atomic mass is 16.5. The molecular formula is C17H20N2O2. The van der Waals surface area contributed by atoms with E-state index in [1.807, 2.05) is 26.8 Å². The normalized spacial score (nSPS) is 16.8. The van der Waals surface area contributed by atoms with Crippen LogP contribution in [0.1, 0.15) is 25.0 Å². The first-order valence-electron chi connectivity index (χ1n) is 6.78. The number of ether oxygens (including phenoxy) is 1. The molecule has 21 heavy (non-hydrogen) atoms. The van der Waals surface area contributed by atoms with Crippen LogP contribution in [0.2, 0.25) is 0 Å². The summed E-state index contributed by atoms with van der Waals surface area (Å²) in [4.78, 5) is 16.3. The molecule has 110 valence electrons. The molecule has 1 aromatic carbocycles. The molecule has 4 nitrogen and oxygen atoms in total. The molecule has 0 bridgehead atoms. The Morgan fingerprint density at radius 1 is 1.10 bits per heavy atom. The van der Waals surface area contributed by atoms with Crippen molar-refractivity contribution in [3.05, 3.63) is 40.5 Å². The summed E-state index contributed by atoms with van der Waals surface area (Å²) < 4.78 is 5.44. The molecule has 0 aliphatic heterocycles. The lowest BCUT2D eigenvalue weighted by atomic mass is 9.98. The van der Waals surface area contributed by atoms with Gasteiger partial charge in [-0.3, -0.25) is 4.79 Å². The second-order valence-corrected chi connectivity index (χ2v) is 5.30. The summed E-state index contributed by atoms with van der Waals surface area (Å²) in [7, 11) is 1.61. The molecule has 0 saturated carbocycles. The molecule has 0 fully saturated rings. The lowest BCUT2D eigenvalue weighted by molar-refractivity contribution is -0.111. The Hall–Kier alpha value is -2.36. The Morgan fingerprint density at radius 3 is 2.38 bits per heavy atom. The predicted molar refractivity (Wildman–Crippen MR) is 86.5 cm³/mol. The van der Waals surface area contributed by atoms with Gasteiger partial charge in [0, 0.05) is 11.3 Å². The summed E-state index contributed by atoms with van der Waals surface area (Å²) in [5, 5.41) is 0. The number of aryl methyl sites for hydroxylation is 1. The number of carbonyl (C=O) groups excluding carboxylic acids is 1. The third-order valence-corrected chi connectivity index (χ3v) is 3.69. The van der Waals surface area contributed by atoms with E-state index in [-0.39, 0.29) is 5.78 Å². The SMILES string of the molecule is COc1c(N=C2C=C(C)C(=O)C=C2C)cc(C)c(N)c1C. The van der Waals surface area contributed by atoms with Gasteiger partial charge in [-0.1, -0.05) is 0 Å². The van der Waals surface area contributed by atoms with Crippen LogP contribution in [0.4, 0.5) is 11.4 Å². The number of carbonyl (C=O) groups is 1. The third-order valence-electron chi connectivity index (χ3n) is 3.69. The molecule has 0 saturated heterocycles. The highest BCUT2D eigenvalue weighted by Gasteiger charge is 2.16. The van der Waals surface area contributed by atoms with Gasteiger partial charge >= 0.3 is 0 Å². The lowest BCUT2D eigenvalue weighted by Crippen LogP contribution is -2.10. The first-order valence-corrected chi connectivity index (χ1v) is 6.78. The largest absolute Gasteiger partial charge is 0.494 e. The maximum atomic E-state index is 11.6. The summed E-state index contributed by atoms with van der Waals surface area (Å²) in [6.45, 7) is 7.53. The van der Waals surface area contributed by atoms with Crippen molar-refractivity contribution in [2.75, 3.05) is 12.8 Å². The highest BCUT2D eigenvalue weighted by Crippen LogP contribution is 2.37. The molecule has 2 rings (SSSR count). The Balaban J connectivity index is 2.61. The third kappa shape index (κ3) is 2.75. The molecule has 1 aliphatic rings. The Morgan fingerprint density at radius 2 is 1.76 bits per heavy atom. The van der Waals surface area contributed by atoms with Gasteiger partial charge in [0.05, 0.1) is 12.8 Å². The van der Waals surface area contributed by atoms with E-state index in [0.717, 1.165) is 28.1 Å². The fourth-order valence-electron chi connectivity index (χ4n) is 2.32. The van der Waals surface area contributed by atoms with E-state index in [0.29, 0.717) is 17.0 Å². The predicted octanol–water partition coefficient (Wildman–Crippen LogP) is 3.44. The number of benzene rings is 1. The van der Waals surface area contributed by atoms with Gasteiger partial charge in [-0.25, -0.2) is 4.99 Å². The molecule has 4 heteroatoms. The van der Waals surface area contributed by atoms with E-state index < -0.39 is 0 Å². The number of hydrogen-bond acceptors (Lipinski definition) is 4. The Labute approximate surface area is 125 Å². The summed E-state index contributed by atoms with van der Waals surface area (Å²) in [5.41, 5.74) is 11.6. The first-order chi connectivity index (χ1) is 9.85. The number of nitrogen functional groups attached to an aromatic ring is 1. The zero-order valence-electron chi connectivity index (χ0n) is 13.1. The maximum Gasteiger partial charge on any atom is 0.181 e. The molecular weight excluding hydrogens is 264 g/mol. The number of methoxy groups -OCH3 is 1. The van der Waals surface area contributed by atoms with Crippen LogP contribution in [0, 0.1) is 13.8 Å². The number of anilines is 1. The van der Waals surface area contributed by atoms with Crippen LogP contribution >= 0.6 is 0 Å². The number of rotatable bonds is 2. The van der Waals surface area contributed by atoms with Crippen LogP contribution < -0.4 is 10.5 Å². The van der Waals surface area contributed by atoms with Crippen molar-refractivity contribution in [2.45, 2.75) is 27.7 Å². The standard InChI is InChI=1S/C17H20N2O2/c1-9-8-15(20)10(2)6-13(9)19-14-7-11(3)16(18)12(4)17(14)21-5/h6-8H,18H2,1-5H3. The van der Waals surface area contributed by atoms with Gasteiger partial charge in [0.2, 0.25) is 0 Å². The quantitative estimate of drug-likeness (QED) is 0.668. The molecule has 0 spiro atoms. The van der Waals surface area contributed by atoms with Crippen molar-refractivity contribution in [1.82, 2.24) is 0 Å². The van der Waals surface area contributed by atoms with E-state index in [1.165, 1.54) is 0 Å². The number of aliphatic imine (C=N–C) groups is 1. The van der Waals surface area contributed by atoms with Crippen LogP contribution in [0.3, 0.4) is 0 Å². The van der Waals surface area contributed by atoms with Gasteiger partial charge < -0.3 is 10.5 Å². The van der Waals surface area contributed by atoms with Crippen LogP contribution in [0.15, 0.2) is 34.4 Å². The van der Waals surface area contributed by atoms with Gasteiger partial charge in [-0.2, -0.15) is 0 Å². The highest BCUT2D eigenvalue weighted by molar-refractivity contribution is 6.22.